The molecule has 0 aliphatic carbocycles. The van der Waals surface area contributed by atoms with Gasteiger partial charge in [-0.2, -0.15) is 17.0 Å². The van der Waals surface area contributed by atoms with E-state index in [-0.39, 0.29) is 36.8 Å². The molecule has 5 atom stereocenters. The Bertz CT molecular complexity index is 4310. The number of anilines is 2. The Morgan fingerprint density at radius 3 is 2.24 bits per heavy atom. The molecule has 4 aliphatic heterocycles. The highest BCUT2D eigenvalue weighted by molar-refractivity contribution is 7.86. The van der Waals surface area contributed by atoms with Crippen molar-refractivity contribution >= 4 is 94.9 Å². The average molecular weight is 1380 g/mol. The van der Waals surface area contributed by atoms with Crippen LogP contribution in [-0.4, -0.2) is 168 Å². The van der Waals surface area contributed by atoms with Crippen molar-refractivity contribution in [3.63, 3.8) is 0 Å². The van der Waals surface area contributed by atoms with Crippen molar-refractivity contribution in [2.75, 3.05) is 68.1 Å². The normalized spacial score (nSPS) is 19.8. The van der Waals surface area contributed by atoms with Crippen molar-refractivity contribution in [2.24, 2.45) is 0 Å². The van der Waals surface area contributed by atoms with E-state index >= 15 is 0 Å². The van der Waals surface area contributed by atoms with Gasteiger partial charge in [0.25, 0.3) is 16.0 Å². The first-order valence-electron chi connectivity index (χ1n) is 29.4. The minimum Gasteiger partial charge on any atom is -0.748 e. The number of nitrogens with one attached hydrogen (secondary N) is 2. The third kappa shape index (κ3) is 16.5. The van der Waals surface area contributed by atoms with Gasteiger partial charge in [0, 0.05) is 99.2 Å². The molecule has 92 heavy (non-hydrogen) atoms. The van der Waals surface area contributed by atoms with E-state index in [2.05, 4.69) is 48.2 Å². The number of carbonyl (C=O) groups is 2. The summed E-state index contributed by atoms with van der Waals surface area (Å²) in [7, 11) is -24.5. The Morgan fingerprint density at radius 1 is 0.848 bits per heavy atom. The first kappa shape index (κ1) is 70.2. The van der Waals surface area contributed by atoms with Crippen LogP contribution in [0.4, 0.5) is 11.5 Å². The molecule has 5 aromatic rings. The summed E-state index contributed by atoms with van der Waals surface area (Å²) in [5, 5.41) is 18.0. The van der Waals surface area contributed by atoms with Crippen LogP contribution < -0.4 is 35.4 Å². The first-order valence-corrected chi connectivity index (χ1v) is 37.1. The van der Waals surface area contributed by atoms with E-state index in [0.29, 0.717) is 123 Å². The number of phosphoric acid groups is 3. The number of hydrogen-bond donors (Lipinski definition) is 8. The van der Waals surface area contributed by atoms with Crippen LogP contribution >= 0.6 is 23.5 Å². The second kappa shape index (κ2) is 27.3. The lowest BCUT2D eigenvalue weighted by molar-refractivity contribution is -0.121. The summed E-state index contributed by atoms with van der Waals surface area (Å²) in [4.78, 5) is 81.2. The molecule has 0 bridgehead atoms. The van der Waals surface area contributed by atoms with Gasteiger partial charge in [-0.05, 0) is 87.9 Å². The molecule has 0 saturated carbocycles. The minimum atomic E-state index is -5.75. The summed E-state index contributed by atoms with van der Waals surface area (Å²) in [5.74, 6) is -0.831. The van der Waals surface area contributed by atoms with Crippen LogP contribution in [0.5, 0.6) is 11.5 Å². The number of ether oxygens (including phenoxy) is 2. The van der Waals surface area contributed by atoms with Gasteiger partial charge in [0.1, 0.15) is 42.5 Å². The quantitative estimate of drug-likeness (QED) is 0.0140. The van der Waals surface area contributed by atoms with Crippen molar-refractivity contribution in [2.45, 2.75) is 116 Å². The smallest absolute Gasteiger partial charge is 0.490 e. The fourth-order valence-electron chi connectivity index (χ4n) is 12.3. The molecular weight excluding hydrogens is 1300 g/mol. The average Bonchev–Trinajstić information content (AvgIpc) is 0.918. The highest BCUT2D eigenvalue weighted by Crippen LogP contribution is 2.66. The van der Waals surface area contributed by atoms with E-state index in [4.69, 9.17) is 19.3 Å². The van der Waals surface area contributed by atoms with Gasteiger partial charge in [-0.1, -0.05) is 37.1 Å². The largest absolute Gasteiger partial charge is 0.748 e. The van der Waals surface area contributed by atoms with E-state index in [9.17, 15) is 64.1 Å². The topological polar surface area (TPSA) is 421 Å². The van der Waals surface area contributed by atoms with Crippen LogP contribution in [0.15, 0.2) is 73.3 Å². The molecule has 500 valence electrons. The second-order valence-corrected chi connectivity index (χ2v) is 31.0. The number of aliphatic hydroxyl groups is 1. The number of aliphatic hydroxyl groups excluding tert-OH is 1. The third-order valence-electron chi connectivity index (χ3n) is 16.1. The number of benzene rings is 3. The molecule has 9 rings (SSSR count). The van der Waals surface area contributed by atoms with Gasteiger partial charge in [-0.15, -0.1) is 0 Å². The van der Waals surface area contributed by atoms with E-state index in [1.807, 2.05) is 59.8 Å². The zero-order valence-electron chi connectivity index (χ0n) is 51.4. The van der Waals surface area contributed by atoms with Crippen molar-refractivity contribution in [3.8, 4) is 11.5 Å². The van der Waals surface area contributed by atoms with Crippen molar-refractivity contribution < 1.29 is 96.5 Å². The molecule has 2 amide bonds. The summed E-state index contributed by atoms with van der Waals surface area (Å²) in [6.07, 6.45) is 6.22. The summed E-state index contributed by atoms with van der Waals surface area (Å²) in [5.41, 5.74) is 3.31. The lowest BCUT2D eigenvalue weighted by atomic mass is 9.83. The lowest BCUT2D eigenvalue weighted by Gasteiger charge is -2.44. The number of unbranched alkanes of at least 4 members (excludes halogenated alkanes) is 3. The van der Waals surface area contributed by atoms with E-state index in [1.54, 1.807) is 49.5 Å². The van der Waals surface area contributed by atoms with Crippen LogP contribution in [0, 0.1) is 0 Å². The molecule has 3 aromatic carbocycles. The Morgan fingerprint density at radius 2 is 1.55 bits per heavy atom. The Hall–Kier alpha value is -6.15. The Balaban J connectivity index is 0.824. The maximum Gasteiger partial charge on any atom is 0.490 e. The molecule has 2 aromatic heterocycles. The Kier molecular flexibility index (Phi) is 20.8. The fourth-order valence-corrected chi connectivity index (χ4v) is 16.6. The standard InChI is InChI=1S/C57H74N9O21P3S2/c1-8-65-43-25-46-41(23-39(43)35(28-56(65,3)4)31-91(77,78)79)51(42-24-40-36(32-92(80,81)82)29-57(5,6)66(9-2)44(40)26-47(42)84-46)37-17-12-13-18-38(37)55(69)63(7)22-16-19-49(68)58-20-14-10-11-15-21-59-53-52-54(61-33-60-53)64(34-62-52)50-27-45(67)48(85-50)30-83-89(73,74)87-90(75,76)86-88(70,71)72/h12-13,17-18,23-26,28-29,33-34,45,48,50,67H,8-11,14-16,19-22,27,30-32H2,1-7H3,(H7-,58,59,60,61,68,70,71,72,73,74,75,76,77,78,79,80,81,82)/t45-,48+,50+/m0/s1. The van der Waals surface area contributed by atoms with Crippen molar-refractivity contribution in [1.82, 2.24) is 34.3 Å². The molecule has 2 unspecified atom stereocenters. The molecule has 1 fully saturated rings. The number of hydrogen-bond acceptors (Lipinski definition) is 21. The fraction of sp³-hybridized carbons (Fsp3) is 0.474. The van der Waals surface area contributed by atoms with E-state index in [1.165, 1.54) is 22.1 Å². The maximum atomic E-state index is 14.8. The molecule has 0 spiro atoms. The highest BCUT2D eigenvalue weighted by atomic mass is 32.2. The van der Waals surface area contributed by atoms with Gasteiger partial charge in [0.05, 0.1) is 52.1 Å². The molecule has 30 nitrogen and oxygen atoms in total. The zero-order chi connectivity index (χ0) is 67.1. The lowest BCUT2D eigenvalue weighted by Crippen LogP contribution is -2.50. The van der Waals surface area contributed by atoms with Crippen LogP contribution in [0.2, 0.25) is 0 Å². The van der Waals surface area contributed by atoms with Crippen LogP contribution in [0.1, 0.15) is 125 Å². The van der Waals surface area contributed by atoms with Crippen molar-refractivity contribution in [3.05, 3.63) is 112 Å². The number of carbonyl (C=O) groups excluding carboxylic acids is 2. The van der Waals surface area contributed by atoms with Gasteiger partial charge in [0.15, 0.2) is 22.5 Å². The minimum absolute atomic E-state index is 0.0653. The SMILES string of the molecule is CCN1c2cc3c(cc2C(CS(=O)(=O)[O-])=CC1(C)C)C(c1ccccc1C(=O)N(C)CCCC(=O)NCCCCCCNc1ncnc2c1ncn2[C@H]1C[C@H](O)[C@@H](COP(=O)(O)OP(=O)(O)OP(=O)(O)O)O1)=c1cc2c(cc1O3)=[N+](CC)C(C)(C)C=C2CS(=O)(=O)O. The summed E-state index contributed by atoms with van der Waals surface area (Å²) in [6, 6.07) is 14.2. The van der Waals surface area contributed by atoms with Crippen LogP contribution in [-0.2, 0) is 56.6 Å². The van der Waals surface area contributed by atoms with Crippen LogP contribution in [0.3, 0.4) is 0 Å². The summed E-state index contributed by atoms with van der Waals surface area (Å²) in [6.45, 7) is 13.0. The molecule has 35 heteroatoms. The zero-order valence-corrected chi connectivity index (χ0v) is 55.7. The number of amides is 2. The number of imidazole rings is 1. The Labute approximate surface area is 530 Å². The van der Waals surface area contributed by atoms with Crippen LogP contribution in [0.25, 0.3) is 27.9 Å². The number of rotatable bonds is 28. The predicted molar refractivity (Wildman–Crippen MR) is 336 cm³/mol. The number of phosphoric ester groups is 1. The first-order chi connectivity index (χ1) is 43.0. The monoisotopic (exact) mass is 1380 g/mol. The highest BCUT2D eigenvalue weighted by Gasteiger charge is 2.44. The summed E-state index contributed by atoms with van der Waals surface area (Å²) < 4.78 is 136. The number of nitrogens with zero attached hydrogens (tertiary/aromatic N) is 7. The molecule has 0 radical (unpaired) electrons. The predicted octanol–water partition coefficient (Wildman–Crippen LogP) is 4.93. The second-order valence-electron chi connectivity index (χ2n) is 23.7. The van der Waals surface area contributed by atoms with Crippen molar-refractivity contribution in [1.29, 1.82) is 0 Å². The molecule has 1 saturated heterocycles. The number of fused-ring (bicyclic) bond motifs is 5. The third-order valence-corrected chi connectivity index (χ3v) is 21.2. The van der Waals surface area contributed by atoms with E-state index in [0.717, 1.165) is 19.3 Å². The molecule has 8 N–H and O–H groups in total. The maximum absolute atomic E-state index is 14.8. The number of likely N-dealkylation sites (N-methyl/N-ethyl adjacent to an activating group) is 2. The van der Waals surface area contributed by atoms with E-state index < -0.39 is 91.3 Å². The van der Waals surface area contributed by atoms with Gasteiger partial charge in [-0.3, -0.25) is 23.2 Å². The van der Waals surface area contributed by atoms with Gasteiger partial charge >= 0.3 is 23.5 Å². The molecular formula is C57H74N9O21P3S2. The molecule has 4 aliphatic rings. The van der Waals surface area contributed by atoms with Gasteiger partial charge < -0.3 is 59.1 Å². The molecule has 6 heterocycles. The van der Waals surface area contributed by atoms with Gasteiger partial charge in [0.2, 0.25) is 11.3 Å². The van der Waals surface area contributed by atoms with Gasteiger partial charge in [-0.25, -0.2) is 41.6 Å². The summed E-state index contributed by atoms with van der Waals surface area (Å²) >= 11 is 0. The number of aromatic nitrogens is 4.